The van der Waals surface area contributed by atoms with Gasteiger partial charge in [0.2, 0.25) is 5.88 Å². The summed E-state index contributed by atoms with van der Waals surface area (Å²) in [5.41, 5.74) is 0.0590. The second-order valence-electron chi connectivity index (χ2n) is 3.22. The van der Waals surface area contributed by atoms with E-state index in [2.05, 4.69) is 41.8 Å². The van der Waals surface area contributed by atoms with Crippen molar-refractivity contribution in [3.63, 3.8) is 0 Å². The van der Waals surface area contributed by atoms with Crippen molar-refractivity contribution in [3.8, 4) is 11.6 Å². The lowest BCUT2D eigenvalue weighted by molar-refractivity contribution is 0.0694. The first-order valence-corrected chi connectivity index (χ1v) is 6.32. The van der Waals surface area contributed by atoms with Gasteiger partial charge in [-0.1, -0.05) is 15.9 Å². The maximum atomic E-state index is 11.1. The summed E-state index contributed by atoms with van der Waals surface area (Å²) < 4.78 is 6.73. The molecule has 7 heteroatoms. The number of carboxylic acid groups (broad SMARTS) is 1. The van der Waals surface area contributed by atoms with Crippen LogP contribution in [0.4, 0.5) is 0 Å². The number of aromatic nitrogens is 2. The Balaban J connectivity index is 2.42. The highest BCUT2D eigenvalue weighted by Gasteiger charge is 2.14. The van der Waals surface area contributed by atoms with Crippen LogP contribution in [0.25, 0.3) is 0 Å². The Hall–Kier alpha value is -1.47. The van der Waals surface area contributed by atoms with E-state index in [-0.39, 0.29) is 17.2 Å². The molecule has 1 heterocycles. The molecule has 0 spiro atoms. The van der Waals surface area contributed by atoms with E-state index in [1.165, 1.54) is 18.6 Å². The van der Waals surface area contributed by atoms with Gasteiger partial charge >= 0.3 is 5.97 Å². The highest BCUT2D eigenvalue weighted by molar-refractivity contribution is 9.10. The average molecular weight is 374 g/mol. The third kappa shape index (κ3) is 2.85. The third-order valence-corrected chi connectivity index (χ3v) is 3.05. The van der Waals surface area contributed by atoms with Gasteiger partial charge in [0.25, 0.3) is 0 Å². The predicted molar refractivity (Wildman–Crippen MR) is 70.9 cm³/mol. The summed E-state index contributed by atoms with van der Waals surface area (Å²) in [6.45, 7) is 0. The molecule has 0 bridgehead atoms. The van der Waals surface area contributed by atoms with Crippen LogP contribution in [0.2, 0.25) is 0 Å². The van der Waals surface area contributed by atoms with Gasteiger partial charge in [0.05, 0.1) is 4.47 Å². The van der Waals surface area contributed by atoms with E-state index in [0.717, 1.165) is 0 Å². The molecule has 1 N–H and O–H groups in total. The fourth-order valence-corrected chi connectivity index (χ4v) is 1.88. The smallest absolute Gasteiger partial charge is 0.339 e. The molecule has 0 aliphatic rings. The lowest BCUT2D eigenvalue weighted by Crippen LogP contribution is -2.01. The molecule has 0 saturated heterocycles. The molecule has 0 saturated carbocycles. The van der Waals surface area contributed by atoms with Crippen LogP contribution in [0.3, 0.4) is 0 Å². The van der Waals surface area contributed by atoms with Crippen LogP contribution in [-0.2, 0) is 0 Å². The van der Waals surface area contributed by atoms with Crippen LogP contribution in [0, 0.1) is 0 Å². The number of carbonyl (C=O) groups is 1. The van der Waals surface area contributed by atoms with Gasteiger partial charge in [0.1, 0.15) is 17.6 Å². The summed E-state index contributed by atoms with van der Waals surface area (Å²) in [6.07, 6.45) is 2.83. The van der Waals surface area contributed by atoms with Gasteiger partial charge in [-0.25, -0.2) is 14.8 Å². The van der Waals surface area contributed by atoms with E-state index in [4.69, 9.17) is 9.84 Å². The highest BCUT2D eigenvalue weighted by atomic mass is 79.9. The van der Waals surface area contributed by atoms with Crippen LogP contribution in [0.15, 0.2) is 39.7 Å². The Labute approximate surface area is 119 Å². The normalized spacial score (nSPS) is 10.1. The zero-order chi connectivity index (χ0) is 13.1. The van der Waals surface area contributed by atoms with Gasteiger partial charge in [-0.05, 0) is 34.1 Å². The fraction of sp³-hybridized carbons (Fsp3) is 0. The number of benzene rings is 1. The van der Waals surface area contributed by atoms with E-state index in [9.17, 15) is 4.79 Å². The van der Waals surface area contributed by atoms with Crippen molar-refractivity contribution in [2.45, 2.75) is 0 Å². The van der Waals surface area contributed by atoms with Crippen molar-refractivity contribution >= 4 is 37.8 Å². The highest BCUT2D eigenvalue weighted by Crippen LogP contribution is 2.30. The minimum Gasteiger partial charge on any atom is -0.478 e. The second-order valence-corrected chi connectivity index (χ2v) is 4.99. The molecule has 1 aromatic carbocycles. The summed E-state index contributed by atoms with van der Waals surface area (Å²) in [4.78, 5) is 18.8. The van der Waals surface area contributed by atoms with E-state index in [1.807, 2.05) is 0 Å². The minimum absolute atomic E-state index is 0.0590. The Morgan fingerprint density at radius 1 is 1.33 bits per heavy atom. The molecule has 0 aliphatic carbocycles. The largest absolute Gasteiger partial charge is 0.478 e. The Bertz CT molecular complexity index is 605. The first kappa shape index (κ1) is 13.0. The third-order valence-electron chi connectivity index (χ3n) is 2.01. The Kier molecular flexibility index (Phi) is 3.93. The number of hydrogen-bond acceptors (Lipinski definition) is 4. The van der Waals surface area contributed by atoms with Crippen LogP contribution >= 0.6 is 31.9 Å². The van der Waals surface area contributed by atoms with Crippen molar-refractivity contribution < 1.29 is 14.6 Å². The number of nitrogens with zero attached hydrogens (tertiary/aromatic N) is 2. The van der Waals surface area contributed by atoms with Crippen LogP contribution < -0.4 is 4.74 Å². The SMILES string of the molecule is O=C(O)c1ccc(Br)cc1Oc1ncncc1Br. The zero-order valence-electron chi connectivity index (χ0n) is 8.80. The van der Waals surface area contributed by atoms with Crippen molar-refractivity contribution in [3.05, 3.63) is 45.2 Å². The molecule has 5 nitrogen and oxygen atoms in total. The molecule has 0 radical (unpaired) electrons. The summed E-state index contributed by atoms with van der Waals surface area (Å²) in [5, 5.41) is 9.06. The summed E-state index contributed by atoms with van der Waals surface area (Å²) in [5.74, 6) is -0.607. The summed E-state index contributed by atoms with van der Waals surface area (Å²) in [7, 11) is 0. The number of carboxylic acids is 1. The fourth-order valence-electron chi connectivity index (χ4n) is 1.24. The lowest BCUT2D eigenvalue weighted by atomic mass is 10.2. The Morgan fingerprint density at radius 2 is 2.11 bits per heavy atom. The molecule has 0 amide bonds. The van der Waals surface area contributed by atoms with E-state index >= 15 is 0 Å². The van der Waals surface area contributed by atoms with Gasteiger partial charge in [-0.3, -0.25) is 0 Å². The monoisotopic (exact) mass is 372 g/mol. The van der Waals surface area contributed by atoms with E-state index < -0.39 is 5.97 Å². The van der Waals surface area contributed by atoms with Gasteiger partial charge in [-0.15, -0.1) is 0 Å². The quantitative estimate of drug-likeness (QED) is 0.891. The number of halogens is 2. The molecule has 0 fully saturated rings. The molecule has 18 heavy (non-hydrogen) atoms. The van der Waals surface area contributed by atoms with Gasteiger partial charge in [-0.2, -0.15) is 0 Å². The minimum atomic E-state index is -1.07. The summed E-state index contributed by atoms with van der Waals surface area (Å²) in [6, 6.07) is 4.65. The predicted octanol–water partition coefficient (Wildman–Crippen LogP) is 3.49. The molecule has 0 unspecified atom stereocenters. The second kappa shape index (κ2) is 5.45. The van der Waals surface area contributed by atoms with Crippen LogP contribution in [0.5, 0.6) is 11.6 Å². The van der Waals surface area contributed by atoms with Crippen LogP contribution in [0.1, 0.15) is 10.4 Å². The Morgan fingerprint density at radius 3 is 2.78 bits per heavy atom. The van der Waals surface area contributed by atoms with E-state index in [0.29, 0.717) is 8.95 Å². The van der Waals surface area contributed by atoms with Crippen molar-refractivity contribution in [1.82, 2.24) is 9.97 Å². The van der Waals surface area contributed by atoms with Gasteiger partial charge in [0, 0.05) is 10.7 Å². The first-order chi connectivity index (χ1) is 8.58. The molecule has 92 valence electrons. The van der Waals surface area contributed by atoms with Gasteiger partial charge in [0.15, 0.2) is 0 Å². The number of rotatable bonds is 3. The first-order valence-electron chi connectivity index (χ1n) is 4.74. The molecule has 2 rings (SSSR count). The van der Waals surface area contributed by atoms with Crippen molar-refractivity contribution in [1.29, 1.82) is 0 Å². The molecule has 2 aromatic rings. The molecular weight excluding hydrogens is 368 g/mol. The van der Waals surface area contributed by atoms with E-state index in [1.54, 1.807) is 12.1 Å². The van der Waals surface area contributed by atoms with Crippen LogP contribution in [-0.4, -0.2) is 21.0 Å². The van der Waals surface area contributed by atoms with Crippen molar-refractivity contribution in [2.24, 2.45) is 0 Å². The topological polar surface area (TPSA) is 72.3 Å². The maximum Gasteiger partial charge on any atom is 0.339 e. The summed E-state index contributed by atoms with van der Waals surface area (Å²) >= 11 is 6.48. The number of ether oxygens (including phenoxy) is 1. The maximum absolute atomic E-state index is 11.1. The number of hydrogen-bond donors (Lipinski definition) is 1. The molecule has 1 aromatic heterocycles. The van der Waals surface area contributed by atoms with Gasteiger partial charge < -0.3 is 9.84 Å². The molecule has 0 atom stereocenters. The standard InChI is InChI=1S/C11H6Br2N2O3/c12-6-1-2-7(11(16)17)9(3-6)18-10-8(13)4-14-5-15-10/h1-5H,(H,16,17). The van der Waals surface area contributed by atoms with Crippen molar-refractivity contribution in [2.75, 3.05) is 0 Å². The molecule has 0 aliphatic heterocycles. The average Bonchev–Trinajstić information content (AvgIpc) is 2.32. The zero-order valence-corrected chi connectivity index (χ0v) is 12.0. The lowest BCUT2D eigenvalue weighted by Gasteiger charge is -2.09. The molecular formula is C11H6Br2N2O3. The number of aromatic carboxylic acids is 1.